The summed E-state index contributed by atoms with van der Waals surface area (Å²) in [5.41, 5.74) is 0. The molecule has 1 aliphatic rings. The van der Waals surface area contributed by atoms with Crippen molar-refractivity contribution in [3.8, 4) is 0 Å². The lowest BCUT2D eigenvalue weighted by molar-refractivity contribution is -0.147. The van der Waals surface area contributed by atoms with E-state index in [1.165, 1.54) is 0 Å². The molecule has 2 N–H and O–H groups in total. The first-order chi connectivity index (χ1) is 8.68. The molecule has 18 heavy (non-hydrogen) atoms. The standard InChI is InChI=1S/C13H16N2O3/c16-12(15-11-7-3-4-8-14-11)9-5-1-2-6-10(9)13(17)18/h3-4,7-10H,1-2,5-6H2,(H,17,18)(H,14,15,16)/t9-,10-/m1/s1. The van der Waals surface area contributed by atoms with Crippen molar-refractivity contribution in [1.82, 2.24) is 4.98 Å². The molecule has 1 aromatic rings. The number of aromatic nitrogens is 1. The van der Waals surface area contributed by atoms with Crippen molar-refractivity contribution in [2.24, 2.45) is 11.8 Å². The largest absolute Gasteiger partial charge is 0.481 e. The van der Waals surface area contributed by atoms with E-state index in [0.717, 1.165) is 12.8 Å². The second-order valence-corrected chi connectivity index (χ2v) is 4.54. The summed E-state index contributed by atoms with van der Waals surface area (Å²) in [6, 6.07) is 5.23. The Hall–Kier alpha value is -1.91. The average molecular weight is 248 g/mol. The van der Waals surface area contributed by atoms with Crippen LogP contribution in [0, 0.1) is 11.8 Å². The lowest BCUT2D eigenvalue weighted by atomic mass is 9.79. The summed E-state index contributed by atoms with van der Waals surface area (Å²) in [6.45, 7) is 0. The van der Waals surface area contributed by atoms with E-state index in [2.05, 4.69) is 10.3 Å². The Labute approximate surface area is 105 Å². The SMILES string of the molecule is O=C(O)[C@@H]1CCCC[C@H]1C(=O)Nc1ccccn1. The van der Waals surface area contributed by atoms with Crippen molar-refractivity contribution >= 4 is 17.7 Å². The molecule has 0 aliphatic heterocycles. The smallest absolute Gasteiger partial charge is 0.307 e. The zero-order chi connectivity index (χ0) is 13.0. The molecule has 0 aromatic carbocycles. The molecule has 1 aliphatic carbocycles. The number of anilines is 1. The first kappa shape index (κ1) is 12.5. The van der Waals surface area contributed by atoms with Gasteiger partial charge < -0.3 is 10.4 Å². The van der Waals surface area contributed by atoms with Gasteiger partial charge in [-0.3, -0.25) is 9.59 Å². The van der Waals surface area contributed by atoms with Crippen LogP contribution in [-0.4, -0.2) is 22.0 Å². The van der Waals surface area contributed by atoms with Gasteiger partial charge in [0.2, 0.25) is 5.91 Å². The topological polar surface area (TPSA) is 79.3 Å². The summed E-state index contributed by atoms with van der Waals surface area (Å²) in [5, 5.41) is 11.8. The third kappa shape index (κ3) is 2.85. The van der Waals surface area contributed by atoms with Crippen molar-refractivity contribution in [2.45, 2.75) is 25.7 Å². The van der Waals surface area contributed by atoms with Crippen molar-refractivity contribution in [3.63, 3.8) is 0 Å². The summed E-state index contributed by atoms with van der Waals surface area (Å²) >= 11 is 0. The molecule has 2 rings (SSSR count). The van der Waals surface area contributed by atoms with E-state index in [9.17, 15) is 9.59 Å². The number of carbonyl (C=O) groups excluding carboxylic acids is 1. The lowest BCUT2D eigenvalue weighted by Crippen LogP contribution is -2.36. The molecule has 0 saturated heterocycles. The number of rotatable bonds is 3. The van der Waals surface area contributed by atoms with Gasteiger partial charge in [0.1, 0.15) is 5.82 Å². The fraction of sp³-hybridized carbons (Fsp3) is 0.462. The quantitative estimate of drug-likeness (QED) is 0.856. The molecule has 1 saturated carbocycles. The Morgan fingerprint density at radius 3 is 2.56 bits per heavy atom. The van der Waals surface area contributed by atoms with Gasteiger partial charge >= 0.3 is 5.97 Å². The number of hydrogen-bond donors (Lipinski definition) is 2. The third-order valence-corrected chi connectivity index (χ3v) is 3.34. The number of carbonyl (C=O) groups is 2. The molecule has 5 heteroatoms. The van der Waals surface area contributed by atoms with Crippen LogP contribution < -0.4 is 5.32 Å². The van der Waals surface area contributed by atoms with Crippen LogP contribution in [0.1, 0.15) is 25.7 Å². The number of nitrogens with zero attached hydrogens (tertiary/aromatic N) is 1. The molecular weight excluding hydrogens is 232 g/mol. The summed E-state index contributed by atoms with van der Waals surface area (Å²) in [5.74, 6) is -1.66. The Morgan fingerprint density at radius 2 is 1.94 bits per heavy atom. The number of hydrogen-bond acceptors (Lipinski definition) is 3. The predicted octanol–water partition coefficient (Wildman–Crippen LogP) is 1.91. The van der Waals surface area contributed by atoms with Crippen LogP contribution in [0.15, 0.2) is 24.4 Å². The van der Waals surface area contributed by atoms with Crippen molar-refractivity contribution in [1.29, 1.82) is 0 Å². The molecule has 1 amide bonds. The summed E-state index contributed by atoms with van der Waals surface area (Å²) < 4.78 is 0. The van der Waals surface area contributed by atoms with Gasteiger partial charge in [-0.25, -0.2) is 4.98 Å². The summed E-state index contributed by atoms with van der Waals surface area (Å²) in [4.78, 5) is 27.2. The van der Waals surface area contributed by atoms with Crippen molar-refractivity contribution < 1.29 is 14.7 Å². The highest BCUT2D eigenvalue weighted by Gasteiger charge is 2.35. The average Bonchev–Trinajstić information content (AvgIpc) is 2.40. The maximum atomic E-state index is 12.1. The molecule has 96 valence electrons. The summed E-state index contributed by atoms with van der Waals surface area (Å²) in [6.07, 6.45) is 4.59. The minimum Gasteiger partial charge on any atom is -0.481 e. The highest BCUT2D eigenvalue weighted by atomic mass is 16.4. The zero-order valence-corrected chi connectivity index (χ0v) is 10.0. The Bertz CT molecular complexity index is 433. The zero-order valence-electron chi connectivity index (χ0n) is 10.0. The molecule has 0 radical (unpaired) electrons. The van der Waals surface area contributed by atoms with Gasteiger partial charge in [-0.15, -0.1) is 0 Å². The van der Waals surface area contributed by atoms with Gasteiger partial charge in [-0.05, 0) is 25.0 Å². The number of pyridine rings is 1. The lowest BCUT2D eigenvalue weighted by Gasteiger charge is -2.27. The normalized spacial score (nSPS) is 23.3. The van der Waals surface area contributed by atoms with Crippen LogP contribution in [0.5, 0.6) is 0 Å². The number of amides is 1. The predicted molar refractivity (Wildman–Crippen MR) is 66.0 cm³/mol. The van der Waals surface area contributed by atoms with E-state index in [1.807, 2.05) is 0 Å². The van der Waals surface area contributed by atoms with Gasteiger partial charge in [0.05, 0.1) is 11.8 Å². The van der Waals surface area contributed by atoms with Gasteiger partial charge in [0, 0.05) is 6.20 Å². The van der Waals surface area contributed by atoms with Gasteiger partial charge in [-0.1, -0.05) is 18.9 Å². The minimum atomic E-state index is -0.879. The van der Waals surface area contributed by atoms with E-state index in [-0.39, 0.29) is 5.91 Å². The van der Waals surface area contributed by atoms with Crippen LogP contribution in [0.4, 0.5) is 5.82 Å². The molecule has 1 aromatic heterocycles. The maximum Gasteiger partial charge on any atom is 0.307 e. The second-order valence-electron chi connectivity index (χ2n) is 4.54. The molecule has 0 unspecified atom stereocenters. The van der Waals surface area contributed by atoms with Crippen LogP contribution in [0.3, 0.4) is 0 Å². The first-order valence-corrected chi connectivity index (χ1v) is 6.13. The van der Waals surface area contributed by atoms with Crippen LogP contribution in [0.25, 0.3) is 0 Å². The fourth-order valence-electron chi connectivity index (χ4n) is 2.40. The molecule has 1 heterocycles. The Morgan fingerprint density at radius 1 is 1.22 bits per heavy atom. The fourth-order valence-corrected chi connectivity index (χ4v) is 2.40. The molecule has 2 atom stereocenters. The van der Waals surface area contributed by atoms with Crippen LogP contribution in [-0.2, 0) is 9.59 Å². The summed E-state index contributed by atoms with van der Waals surface area (Å²) in [7, 11) is 0. The highest BCUT2D eigenvalue weighted by molar-refractivity contribution is 5.94. The van der Waals surface area contributed by atoms with E-state index < -0.39 is 17.8 Å². The van der Waals surface area contributed by atoms with E-state index in [4.69, 9.17) is 5.11 Å². The maximum absolute atomic E-state index is 12.1. The molecule has 0 spiro atoms. The number of aliphatic carboxylic acids is 1. The van der Waals surface area contributed by atoms with Gasteiger partial charge in [0.15, 0.2) is 0 Å². The van der Waals surface area contributed by atoms with Crippen LogP contribution >= 0.6 is 0 Å². The van der Waals surface area contributed by atoms with E-state index >= 15 is 0 Å². The van der Waals surface area contributed by atoms with E-state index in [1.54, 1.807) is 24.4 Å². The van der Waals surface area contributed by atoms with Gasteiger partial charge in [-0.2, -0.15) is 0 Å². The third-order valence-electron chi connectivity index (χ3n) is 3.34. The van der Waals surface area contributed by atoms with Crippen LogP contribution in [0.2, 0.25) is 0 Å². The van der Waals surface area contributed by atoms with Crippen molar-refractivity contribution in [2.75, 3.05) is 5.32 Å². The number of carboxylic acids is 1. The molecule has 0 bridgehead atoms. The first-order valence-electron chi connectivity index (χ1n) is 6.13. The molecule has 1 fully saturated rings. The minimum absolute atomic E-state index is 0.235. The Kier molecular flexibility index (Phi) is 3.92. The van der Waals surface area contributed by atoms with Gasteiger partial charge in [0.25, 0.3) is 0 Å². The second kappa shape index (κ2) is 5.62. The highest BCUT2D eigenvalue weighted by Crippen LogP contribution is 2.31. The number of nitrogens with one attached hydrogen (secondary N) is 1. The molecular formula is C13H16N2O3. The van der Waals surface area contributed by atoms with E-state index in [0.29, 0.717) is 18.7 Å². The Balaban J connectivity index is 2.05. The monoisotopic (exact) mass is 248 g/mol. The van der Waals surface area contributed by atoms with Crippen molar-refractivity contribution in [3.05, 3.63) is 24.4 Å². The number of carboxylic acid groups (broad SMARTS) is 1. The molecule has 5 nitrogen and oxygen atoms in total.